The standard InChI is InChI=1S/C18H24N2O3/c1-18(11-12-21,13-23-3)19-17(22)16-10-9-15(20(16)2)14-7-5-4-6-8-14/h4-10,21H,11-13H2,1-3H3,(H,19,22). The van der Waals surface area contributed by atoms with Crippen LogP contribution in [0, 0.1) is 0 Å². The molecule has 2 aromatic rings. The molecule has 0 bridgehead atoms. The predicted molar refractivity (Wildman–Crippen MR) is 90.3 cm³/mol. The van der Waals surface area contributed by atoms with Gasteiger partial charge in [0.15, 0.2) is 0 Å². The molecule has 0 fully saturated rings. The summed E-state index contributed by atoms with van der Waals surface area (Å²) in [5.41, 5.74) is 2.01. The lowest BCUT2D eigenvalue weighted by molar-refractivity contribution is 0.0719. The van der Waals surface area contributed by atoms with E-state index >= 15 is 0 Å². The lowest BCUT2D eigenvalue weighted by atomic mass is 9.99. The van der Waals surface area contributed by atoms with Gasteiger partial charge < -0.3 is 19.7 Å². The summed E-state index contributed by atoms with van der Waals surface area (Å²) < 4.78 is 7.04. The Balaban J connectivity index is 2.22. The second-order valence-electron chi connectivity index (χ2n) is 5.95. The van der Waals surface area contributed by atoms with Gasteiger partial charge in [0.1, 0.15) is 5.69 Å². The van der Waals surface area contributed by atoms with Gasteiger partial charge >= 0.3 is 0 Å². The zero-order valence-electron chi connectivity index (χ0n) is 13.9. The molecule has 124 valence electrons. The number of hydrogen-bond donors (Lipinski definition) is 2. The maximum Gasteiger partial charge on any atom is 0.268 e. The van der Waals surface area contributed by atoms with E-state index in [4.69, 9.17) is 4.74 Å². The van der Waals surface area contributed by atoms with Crippen LogP contribution in [0.15, 0.2) is 42.5 Å². The Morgan fingerprint density at radius 2 is 1.96 bits per heavy atom. The van der Waals surface area contributed by atoms with Gasteiger partial charge in [0.25, 0.3) is 5.91 Å². The van der Waals surface area contributed by atoms with Crippen LogP contribution in [0.1, 0.15) is 23.8 Å². The fourth-order valence-electron chi connectivity index (χ4n) is 2.71. The number of aliphatic hydroxyl groups is 1. The SMILES string of the molecule is COCC(C)(CCO)NC(=O)c1ccc(-c2ccccc2)n1C. The van der Waals surface area contributed by atoms with Crippen molar-refractivity contribution in [1.29, 1.82) is 0 Å². The monoisotopic (exact) mass is 316 g/mol. The lowest BCUT2D eigenvalue weighted by Crippen LogP contribution is -2.50. The highest BCUT2D eigenvalue weighted by molar-refractivity contribution is 5.94. The van der Waals surface area contributed by atoms with E-state index in [0.29, 0.717) is 18.7 Å². The normalized spacial score (nSPS) is 13.6. The van der Waals surface area contributed by atoms with E-state index < -0.39 is 5.54 Å². The summed E-state index contributed by atoms with van der Waals surface area (Å²) >= 11 is 0. The van der Waals surface area contributed by atoms with E-state index in [1.54, 1.807) is 7.11 Å². The van der Waals surface area contributed by atoms with E-state index in [1.165, 1.54) is 0 Å². The first-order chi connectivity index (χ1) is 11.0. The van der Waals surface area contributed by atoms with Gasteiger partial charge in [0.05, 0.1) is 12.1 Å². The topological polar surface area (TPSA) is 63.5 Å². The third kappa shape index (κ3) is 4.00. The van der Waals surface area contributed by atoms with Crippen LogP contribution in [0.3, 0.4) is 0 Å². The Morgan fingerprint density at radius 1 is 1.26 bits per heavy atom. The Bertz CT molecular complexity index is 644. The Kier molecular flexibility index (Phi) is 5.58. The predicted octanol–water partition coefficient (Wildman–Crippen LogP) is 2.21. The molecule has 0 saturated carbocycles. The van der Waals surface area contributed by atoms with Crippen molar-refractivity contribution in [1.82, 2.24) is 9.88 Å². The molecular formula is C18H24N2O3. The minimum absolute atomic E-state index is 0.0114. The number of nitrogens with one attached hydrogen (secondary N) is 1. The van der Waals surface area contributed by atoms with Crippen molar-refractivity contribution in [2.75, 3.05) is 20.3 Å². The number of rotatable bonds is 7. The lowest BCUT2D eigenvalue weighted by Gasteiger charge is -2.29. The Morgan fingerprint density at radius 3 is 2.57 bits per heavy atom. The van der Waals surface area contributed by atoms with Gasteiger partial charge in [-0.2, -0.15) is 0 Å². The number of carbonyl (C=O) groups excluding carboxylic acids is 1. The molecule has 5 heteroatoms. The number of ether oxygens (including phenoxy) is 1. The van der Waals surface area contributed by atoms with E-state index in [1.807, 2.05) is 61.0 Å². The number of benzene rings is 1. The Hall–Kier alpha value is -2.11. The molecule has 0 saturated heterocycles. The van der Waals surface area contributed by atoms with Crippen LogP contribution in [-0.4, -0.2) is 41.4 Å². The van der Waals surface area contributed by atoms with Crippen molar-refractivity contribution >= 4 is 5.91 Å². The van der Waals surface area contributed by atoms with Crippen molar-refractivity contribution in [3.05, 3.63) is 48.2 Å². The van der Waals surface area contributed by atoms with E-state index in [0.717, 1.165) is 11.3 Å². The summed E-state index contributed by atoms with van der Waals surface area (Å²) in [5.74, 6) is -0.178. The number of aliphatic hydroxyl groups excluding tert-OH is 1. The Labute approximate surface area is 136 Å². The largest absolute Gasteiger partial charge is 0.396 e. The van der Waals surface area contributed by atoms with Crippen LogP contribution >= 0.6 is 0 Å². The van der Waals surface area contributed by atoms with Crippen LogP contribution in [0.5, 0.6) is 0 Å². The highest BCUT2D eigenvalue weighted by atomic mass is 16.5. The molecule has 2 N–H and O–H groups in total. The zero-order chi connectivity index (χ0) is 16.9. The van der Waals surface area contributed by atoms with Crippen molar-refractivity contribution in [2.24, 2.45) is 7.05 Å². The molecule has 1 aromatic heterocycles. The minimum Gasteiger partial charge on any atom is -0.396 e. The maximum absolute atomic E-state index is 12.6. The van der Waals surface area contributed by atoms with Gasteiger partial charge in [0.2, 0.25) is 0 Å². The number of aromatic nitrogens is 1. The van der Waals surface area contributed by atoms with Gasteiger partial charge in [-0.05, 0) is 31.0 Å². The van der Waals surface area contributed by atoms with Gasteiger partial charge in [-0.3, -0.25) is 4.79 Å². The molecular weight excluding hydrogens is 292 g/mol. The molecule has 0 aliphatic carbocycles. The first-order valence-electron chi connectivity index (χ1n) is 7.64. The molecule has 1 heterocycles. The molecule has 0 spiro atoms. The van der Waals surface area contributed by atoms with Crippen LogP contribution in [-0.2, 0) is 11.8 Å². The second-order valence-corrected chi connectivity index (χ2v) is 5.95. The second kappa shape index (κ2) is 7.44. The first-order valence-corrected chi connectivity index (χ1v) is 7.64. The maximum atomic E-state index is 12.6. The van der Waals surface area contributed by atoms with Crippen molar-refractivity contribution in [3.63, 3.8) is 0 Å². The molecule has 0 radical (unpaired) electrons. The summed E-state index contributed by atoms with van der Waals surface area (Å²) in [7, 11) is 3.45. The third-order valence-electron chi connectivity index (χ3n) is 3.97. The number of hydrogen-bond acceptors (Lipinski definition) is 3. The summed E-state index contributed by atoms with van der Waals surface area (Å²) in [6.07, 6.45) is 0.433. The van der Waals surface area contributed by atoms with Crippen LogP contribution in [0.25, 0.3) is 11.3 Å². The smallest absolute Gasteiger partial charge is 0.268 e. The van der Waals surface area contributed by atoms with Crippen LogP contribution < -0.4 is 5.32 Å². The first kappa shape index (κ1) is 17.2. The molecule has 1 aromatic carbocycles. The summed E-state index contributed by atoms with van der Waals surface area (Å²) in [5, 5.41) is 12.2. The van der Waals surface area contributed by atoms with Crippen molar-refractivity contribution in [2.45, 2.75) is 18.9 Å². The quantitative estimate of drug-likeness (QED) is 0.823. The average Bonchev–Trinajstić information content (AvgIpc) is 2.90. The van der Waals surface area contributed by atoms with Crippen molar-refractivity contribution in [3.8, 4) is 11.3 Å². The third-order valence-corrected chi connectivity index (χ3v) is 3.97. The van der Waals surface area contributed by atoms with Gasteiger partial charge in [-0.1, -0.05) is 30.3 Å². The van der Waals surface area contributed by atoms with Crippen LogP contribution in [0.2, 0.25) is 0 Å². The number of methoxy groups -OCH3 is 1. The zero-order valence-corrected chi connectivity index (χ0v) is 13.9. The fourth-order valence-corrected chi connectivity index (χ4v) is 2.71. The highest BCUT2D eigenvalue weighted by Crippen LogP contribution is 2.22. The molecule has 1 amide bonds. The summed E-state index contributed by atoms with van der Waals surface area (Å²) in [6.45, 7) is 2.20. The van der Waals surface area contributed by atoms with E-state index in [2.05, 4.69) is 5.32 Å². The van der Waals surface area contributed by atoms with Crippen molar-refractivity contribution < 1.29 is 14.6 Å². The van der Waals surface area contributed by atoms with E-state index in [9.17, 15) is 9.90 Å². The van der Waals surface area contributed by atoms with Gasteiger partial charge in [0, 0.05) is 26.5 Å². The number of nitrogens with zero attached hydrogens (tertiary/aromatic N) is 1. The molecule has 0 aliphatic rings. The molecule has 1 unspecified atom stereocenters. The summed E-state index contributed by atoms with van der Waals surface area (Å²) in [6, 6.07) is 13.7. The number of amides is 1. The van der Waals surface area contributed by atoms with Crippen LogP contribution in [0.4, 0.5) is 0 Å². The molecule has 5 nitrogen and oxygen atoms in total. The highest BCUT2D eigenvalue weighted by Gasteiger charge is 2.27. The molecule has 0 aliphatic heterocycles. The molecule has 1 atom stereocenters. The average molecular weight is 316 g/mol. The minimum atomic E-state index is -0.599. The number of carbonyl (C=O) groups is 1. The van der Waals surface area contributed by atoms with E-state index in [-0.39, 0.29) is 12.5 Å². The van der Waals surface area contributed by atoms with Gasteiger partial charge in [-0.25, -0.2) is 0 Å². The molecule has 23 heavy (non-hydrogen) atoms. The fraction of sp³-hybridized carbons (Fsp3) is 0.389. The molecule has 2 rings (SSSR count). The van der Waals surface area contributed by atoms with Gasteiger partial charge in [-0.15, -0.1) is 0 Å². The summed E-state index contributed by atoms with van der Waals surface area (Å²) in [4.78, 5) is 12.6.